The van der Waals surface area contributed by atoms with Crippen molar-refractivity contribution in [3.05, 3.63) is 41.5 Å². The van der Waals surface area contributed by atoms with Gasteiger partial charge in [-0.15, -0.1) is 0 Å². The van der Waals surface area contributed by atoms with Crippen LogP contribution < -0.4 is 0 Å². The summed E-state index contributed by atoms with van der Waals surface area (Å²) >= 11 is 0. The number of aromatic nitrogens is 2. The molecule has 1 aromatic rings. The number of hydrogen-bond donors (Lipinski definition) is 1. The van der Waals surface area contributed by atoms with E-state index >= 15 is 0 Å². The minimum Gasteiger partial charge on any atom is -0.362 e. The molecule has 2 heteroatoms. The molecule has 1 N–H and O–H groups in total. The van der Waals surface area contributed by atoms with Crippen molar-refractivity contribution in [2.45, 2.75) is 27.2 Å². The molecule has 1 aromatic heterocycles. The summed E-state index contributed by atoms with van der Waals surface area (Å²) in [7, 11) is 0. The van der Waals surface area contributed by atoms with Crippen LogP contribution in [-0.4, -0.2) is 9.97 Å². The zero-order chi connectivity index (χ0) is 9.68. The third kappa shape index (κ3) is 3.28. The van der Waals surface area contributed by atoms with E-state index in [1.165, 1.54) is 11.3 Å². The Morgan fingerprint density at radius 3 is 2.85 bits per heavy atom. The van der Waals surface area contributed by atoms with Crippen molar-refractivity contribution in [3.63, 3.8) is 0 Å². The van der Waals surface area contributed by atoms with E-state index in [0.29, 0.717) is 0 Å². The molecule has 0 aliphatic rings. The van der Waals surface area contributed by atoms with Gasteiger partial charge in [-0.1, -0.05) is 6.92 Å². The Morgan fingerprint density at radius 2 is 2.15 bits per heavy atom. The molecular formula is C11H16N2. The van der Waals surface area contributed by atoms with Crippen LogP contribution in [-0.2, 0) is 6.42 Å². The van der Waals surface area contributed by atoms with Gasteiger partial charge in [-0.05, 0) is 38.0 Å². The smallest absolute Gasteiger partial charge is 0.0297 e. The molecule has 1 rings (SSSR count). The predicted molar refractivity (Wildman–Crippen MR) is 55.1 cm³/mol. The van der Waals surface area contributed by atoms with Crippen molar-refractivity contribution in [3.8, 4) is 0 Å². The molecule has 0 atom stereocenters. The number of aryl methyl sites for hydroxylation is 3. The molecule has 0 unspecified atom stereocenters. The minimum absolute atomic E-state index is 1.01. The lowest BCUT2D eigenvalue weighted by atomic mass is 10.2. The Morgan fingerprint density at radius 1 is 1.38 bits per heavy atom. The van der Waals surface area contributed by atoms with Crippen LogP contribution in [0.2, 0.25) is 0 Å². The first-order valence-electron chi connectivity index (χ1n) is 4.57. The second kappa shape index (κ2) is 4.65. The number of aromatic amines is 1. The van der Waals surface area contributed by atoms with Crippen molar-refractivity contribution >= 4 is 0 Å². The summed E-state index contributed by atoms with van der Waals surface area (Å²) in [6, 6.07) is 4.10. The maximum absolute atomic E-state index is 4.14. The summed E-state index contributed by atoms with van der Waals surface area (Å²) in [6.45, 7) is 6.23. The summed E-state index contributed by atoms with van der Waals surface area (Å²) in [5, 5.41) is 0. The summed E-state index contributed by atoms with van der Waals surface area (Å²) in [6.07, 6.45) is 4.68. The fourth-order valence-electron chi connectivity index (χ4n) is 1.15. The van der Waals surface area contributed by atoms with Crippen molar-refractivity contribution < 1.29 is 0 Å². The second-order valence-electron chi connectivity index (χ2n) is 3.17. The summed E-state index contributed by atoms with van der Waals surface area (Å²) in [4.78, 5) is 7.47. The van der Waals surface area contributed by atoms with E-state index in [4.69, 9.17) is 0 Å². The van der Waals surface area contributed by atoms with E-state index in [-0.39, 0.29) is 0 Å². The third-order valence-electron chi connectivity index (χ3n) is 1.83. The molecule has 0 bridgehead atoms. The highest BCUT2D eigenvalue weighted by Crippen LogP contribution is 1.98. The minimum atomic E-state index is 1.01. The van der Waals surface area contributed by atoms with Gasteiger partial charge < -0.3 is 4.98 Å². The highest BCUT2D eigenvalue weighted by Gasteiger charge is 1.86. The van der Waals surface area contributed by atoms with E-state index in [0.717, 1.165) is 12.1 Å². The molecule has 0 aliphatic heterocycles. The molecule has 0 saturated carbocycles. The second-order valence-corrected chi connectivity index (χ2v) is 3.17. The van der Waals surface area contributed by atoms with E-state index < -0.39 is 0 Å². The zero-order valence-corrected chi connectivity index (χ0v) is 8.46. The third-order valence-corrected chi connectivity index (χ3v) is 1.83. The van der Waals surface area contributed by atoms with Crippen LogP contribution in [0.4, 0.5) is 0 Å². The lowest BCUT2D eigenvalue weighted by Crippen LogP contribution is -1.85. The molecule has 0 saturated heterocycles. The average molecular weight is 176 g/mol. The average Bonchev–Trinajstić information content (AvgIpc) is 2.17. The first-order valence-corrected chi connectivity index (χ1v) is 4.57. The molecule has 70 valence electrons. The maximum Gasteiger partial charge on any atom is 0.0297 e. The topological polar surface area (TPSA) is 28.7 Å². The molecule has 1 heterocycles. The number of nitrogens with one attached hydrogen (secondary N) is 1. The molecular weight excluding hydrogens is 160 g/mol. The van der Waals surface area contributed by atoms with Gasteiger partial charge in [0.25, 0.3) is 0 Å². The van der Waals surface area contributed by atoms with Gasteiger partial charge in [-0.2, -0.15) is 0 Å². The Bertz CT molecular complexity index is 295. The van der Waals surface area contributed by atoms with Crippen LogP contribution in [0.25, 0.3) is 0 Å². The molecule has 0 aromatic carbocycles. The normalized spacial score (nSPS) is 9.46. The van der Waals surface area contributed by atoms with Crippen LogP contribution in [0.1, 0.15) is 23.9 Å². The molecule has 13 heavy (non-hydrogen) atoms. The van der Waals surface area contributed by atoms with Crippen molar-refractivity contribution in [2.24, 2.45) is 0 Å². The van der Waals surface area contributed by atoms with Crippen LogP contribution in [0, 0.1) is 13.8 Å². The van der Waals surface area contributed by atoms with Crippen LogP contribution >= 0.6 is 0 Å². The highest BCUT2D eigenvalue weighted by molar-refractivity contribution is 5.11. The number of hydrogen-bond acceptors (Lipinski definition) is 1. The number of rotatable bonds is 1. The van der Waals surface area contributed by atoms with E-state index in [9.17, 15) is 0 Å². The summed E-state index contributed by atoms with van der Waals surface area (Å²) in [5.74, 6) is 0. The Kier molecular flexibility index (Phi) is 3.50. The quantitative estimate of drug-likeness (QED) is 0.700. The Labute approximate surface area is 79.4 Å². The predicted octanol–water partition coefficient (Wildman–Crippen LogP) is 2.71. The SMILES string of the molecule is CCc1cc(C)cnccc(C)[nH]1. The van der Waals surface area contributed by atoms with Crippen molar-refractivity contribution in [2.75, 3.05) is 0 Å². The fraction of sp³-hybridized carbons (Fsp3) is 0.364. The van der Waals surface area contributed by atoms with Gasteiger partial charge >= 0.3 is 0 Å². The van der Waals surface area contributed by atoms with E-state index in [1.807, 2.05) is 19.2 Å². The highest BCUT2D eigenvalue weighted by atomic mass is 14.7. The van der Waals surface area contributed by atoms with Crippen LogP contribution in [0.3, 0.4) is 0 Å². The van der Waals surface area contributed by atoms with Crippen molar-refractivity contribution in [1.82, 2.24) is 9.97 Å². The lowest BCUT2D eigenvalue weighted by molar-refractivity contribution is 1.01. The van der Waals surface area contributed by atoms with Gasteiger partial charge in [0.1, 0.15) is 0 Å². The first kappa shape index (κ1) is 9.78. The van der Waals surface area contributed by atoms with E-state index in [1.54, 1.807) is 6.20 Å². The van der Waals surface area contributed by atoms with Gasteiger partial charge in [0, 0.05) is 23.8 Å². The van der Waals surface area contributed by atoms with Crippen molar-refractivity contribution in [1.29, 1.82) is 0 Å². The Hall–Kier alpha value is -1.31. The van der Waals surface area contributed by atoms with Crippen LogP contribution in [0.15, 0.2) is 24.5 Å². The summed E-state index contributed by atoms with van der Waals surface area (Å²) in [5.41, 5.74) is 3.52. The van der Waals surface area contributed by atoms with Gasteiger partial charge in [0.15, 0.2) is 0 Å². The van der Waals surface area contributed by atoms with Crippen LogP contribution in [0.5, 0.6) is 0 Å². The molecule has 0 aliphatic carbocycles. The standard InChI is InChI=1S/C11H16N2/c1-4-11-7-9(2)8-12-6-5-10(3)13-11/h5-8,13H,4H2,1-3H3. The molecule has 0 radical (unpaired) electrons. The molecule has 0 amide bonds. The van der Waals surface area contributed by atoms with E-state index in [2.05, 4.69) is 29.9 Å². The Balaban J connectivity index is 3.33. The van der Waals surface area contributed by atoms with Gasteiger partial charge in [0.05, 0.1) is 0 Å². The van der Waals surface area contributed by atoms with Gasteiger partial charge in [-0.25, -0.2) is 0 Å². The monoisotopic (exact) mass is 176 g/mol. The summed E-state index contributed by atoms with van der Waals surface area (Å²) < 4.78 is 0. The largest absolute Gasteiger partial charge is 0.362 e. The maximum atomic E-state index is 4.14. The molecule has 2 nitrogen and oxygen atoms in total. The molecule has 0 fully saturated rings. The van der Waals surface area contributed by atoms with Gasteiger partial charge in [0.2, 0.25) is 0 Å². The van der Waals surface area contributed by atoms with Gasteiger partial charge in [-0.3, -0.25) is 4.98 Å². The lowest BCUT2D eigenvalue weighted by Gasteiger charge is -1.94. The number of H-pyrrole nitrogens is 1. The fourth-order valence-corrected chi connectivity index (χ4v) is 1.15. The first-order chi connectivity index (χ1) is 6.22. The molecule has 0 spiro atoms. The zero-order valence-electron chi connectivity index (χ0n) is 8.46. The number of nitrogens with zero attached hydrogens (tertiary/aromatic N) is 1.